The molecule has 0 aliphatic rings. The highest BCUT2D eigenvalue weighted by Crippen LogP contribution is 2.38. The fourth-order valence-corrected chi connectivity index (χ4v) is 6.96. The van der Waals surface area contributed by atoms with E-state index in [2.05, 4.69) is 4.72 Å². The van der Waals surface area contributed by atoms with E-state index in [1.165, 1.54) is 24.3 Å². The second-order valence-corrected chi connectivity index (χ2v) is 13.2. The van der Waals surface area contributed by atoms with Gasteiger partial charge in [0.2, 0.25) is 9.84 Å². The van der Waals surface area contributed by atoms with Crippen LogP contribution in [0.5, 0.6) is 0 Å². The van der Waals surface area contributed by atoms with Gasteiger partial charge < -0.3 is 4.57 Å². The van der Waals surface area contributed by atoms with E-state index in [0.29, 0.717) is 29.6 Å². The van der Waals surface area contributed by atoms with E-state index >= 15 is 0 Å². The molecule has 0 unspecified atom stereocenters. The van der Waals surface area contributed by atoms with Crippen molar-refractivity contribution < 1.29 is 16.8 Å². The summed E-state index contributed by atoms with van der Waals surface area (Å²) >= 11 is 0. The van der Waals surface area contributed by atoms with Crippen molar-refractivity contribution >= 4 is 47.9 Å². The molecule has 1 N–H and O–H groups in total. The fraction of sp³-hybridized carbons (Fsp3) is 0.214. The Labute approximate surface area is 222 Å². The Balaban J connectivity index is 1.86. The highest BCUT2D eigenvalue weighted by Gasteiger charge is 2.33. The first-order chi connectivity index (χ1) is 18.1. The van der Waals surface area contributed by atoms with E-state index in [1.807, 2.05) is 26.8 Å². The Morgan fingerprint density at radius 2 is 1.39 bits per heavy atom. The van der Waals surface area contributed by atoms with Crippen molar-refractivity contribution in [3.8, 4) is 0 Å². The first-order valence-electron chi connectivity index (χ1n) is 12.3. The highest BCUT2D eigenvalue weighted by molar-refractivity contribution is 7.93. The van der Waals surface area contributed by atoms with Gasteiger partial charge >= 0.3 is 0 Å². The average molecular weight is 549 g/mol. The molecule has 2 aromatic heterocycles. The zero-order valence-corrected chi connectivity index (χ0v) is 22.9. The molecule has 0 aliphatic carbocycles. The van der Waals surface area contributed by atoms with Crippen molar-refractivity contribution in [1.29, 1.82) is 0 Å². The lowest BCUT2D eigenvalue weighted by molar-refractivity contribution is 0.524. The predicted octanol–water partition coefficient (Wildman–Crippen LogP) is 5.57. The molecule has 0 bridgehead atoms. The standard InChI is InChI=1S/C28H28N4O4S2/c1-19(2)17-18-32-27-25(29-23-11-7-8-12-24(23)30-27)26(37(33,34)21-15-13-20(3)14-16-21)28(32)31-38(35,36)22-9-5-4-6-10-22/h4-16,19,31H,17-18H2,1-3H3. The summed E-state index contributed by atoms with van der Waals surface area (Å²) in [6.45, 7) is 6.30. The molecule has 0 radical (unpaired) electrons. The summed E-state index contributed by atoms with van der Waals surface area (Å²) < 4.78 is 59.6. The normalized spacial score (nSPS) is 12.4. The quantitative estimate of drug-likeness (QED) is 0.271. The van der Waals surface area contributed by atoms with Gasteiger partial charge in [0.05, 0.1) is 20.8 Å². The maximum absolute atomic E-state index is 14.2. The molecule has 0 saturated carbocycles. The molecule has 0 atom stereocenters. The topological polar surface area (TPSA) is 111 Å². The molecule has 0 aliphatic heterocycles. The number of hydrogen-bond donors (Lipinski definition) is 1. The molecule has 0 saturated heterocycles. The summed E-state index contributed by atoms with van der Waals surface area (Å²) in [6, 6.07) is 21.5. The first kappa shape index (κ1) is 25.9. The number of benzene rings is 3. The van der Waals surface area contributed by atoms with Gasteiger partial charge in [-0.25, -0.2) is 26.8 Å². The van der Waals surface area contributed by atoms with Crippen LogP contribution in [0.3, 0.4) is 0 Å². The lowest BCUT2D eigenvalue weighted by atomic mass is 10.1. The first-order valence-corrected chi connectivity index (χ1v) is 15.2. The number of anilines is 1. The summed E-state index contributed by atoms with van der Waals surface area (Å²) in [6.07, 6.45) is 0.669. The summed E-state index contributed by atoms with van der Waals surface area (Å²) in [4.78, 5) is 9.31. The molecule has 5 aromatic rings. The number of hydrogen-bond acceptors (Lipinski definition) is 6. The maximum Gasteiger partial charge on any atom is 0.263 e. The van der Waals surface area contributed by atoms with Gasteiger partial charge in [0.1, 0.15) is 16.2 Å². The minimum atomic E-state index is -4.20. The van der Waals surface area contributed by atoms with E-state index in [0.717, 1.165) is 5.56 Å². The zero-order valence-electron chi connectivity index (χ0n) is 21.3. The lowest BCUT2D eigenvalue weighted by Gasteiger charge is -2.15. The molecule has 0 fully saturated rings. The highest BCUT2D eigenvalue weighted by atomic mass is 32.2. The Morgan fingerprint density at radius 3 is 2.03 bits per heavy atom. The number of rotatable bonds is 8. The molecule has 38 heavy (non-hydrogen) atoms. The molecule has 5 rings (SSSR count). The van der Waals surface area contributed by atoms with E-state index in [4.69, 9.17) is 9.97 Å². The molecule has 2 heterocycles. The number of aryl methyl sites for hydroxylation is 2. The van der Waals surface area contributed by atoms with Gasteiger partial charge in [-0.2, -0.15) is 0 Å². The van der Waals surface area contributed by atoms with Crippen molar-refractivity contribution in [3.63, 3.8) is 0 Å². The van der Waals surface area contributed by atoms with Crippen molar-refractivity contribution in [1.82, 2.24) is 14.5 Å². The Kier molecular flexibility index (Phi) is 6.70. The second kappa shape index (κ2) is 9.85. The van der Waals surface area contributed by atoms with Crippen molar-refractivity contribution in [2.24, 2.45) is 5.92 Å². The van der Waals surface area contributed by atoms with E-state index in [1.54, 1.807) is 53.1 Å². The molecule has 0 amide bonds. The smallest absolute Gasteiger partial charge is 0.263 e. The summed E-state index contributed by atoms with van der Waals surface area (Å²) in [5.41, 5.74) is 2.43. The van der Waals surface area contributed by atoms with Gasteiger partial charge in [-0.1, -0.05) is 61.9 Å². The number of para-hydroxylation sites is 2. The van der Waals surface area contributed by atoms with Crippen LogP contribution in [0.1, 0.15) is 25.8 Å². The van der Waals surface area contributed by atoms with Crippen LogP contribution in [0, 0.1) is 12.8 Å². The zero-order chi connectivity index (χ0) is 27.1. The SMILES string of the molecule is Cc1ccc(S(=O)(=O)c2c(NS(=O)(=O)c3ccccc3)n(CCC(C)C)c3nc4ccccc4nc23)cc1. The maximum atomic E-state index is 14.2. The van der Waals surface area contributed by atoms with Crippen LogP contribution in [0.15, 0.2) is 93.5 Å². The summed E-state index contributed by atoms with van der Waals surface area (Å²) in [5.74, 6) is 0.206. The molecule has 196 valence electrons. The largest absolute Gasteiger partial charge is 0.309 e. The minimum Gasteiger partial charge on any atom is -0.309 e. The van der Waals surface area contributed by atoms with Gasteiger partial charge in [0.25, 0.3) is 10.0 Å². The number of nitrogens with one attached hydrogen (secondary N) is 1. The van der Waals surface area contributed by atoms with Crippen LogP contribution in [0.4, 0.5) is 5.82 Å². The average Bonchev–Trinajstić information content (AvgIpc) is 3.18. The van der Waals surface area contributed by atoms with Crippen LogP contribution in [-0.4, -0.2) is 31.4 Å². The van der Waals surface area contributed by atoms with Gasteiger partial charge in [0, 0.05) is 6.54 Å². The molecule has 3 aromatic carbocycles. The van der Waals surface area contributed by atoms with Gasteiger partial charge in [-0.3, -0.25) is 4.72 Å². The number of sulfonamides is 1. The minimum absolute atomic E-state index is 0.0189. The van der Waals surface area contributed by atoms with Crippen molar-refractivity contribution in [2.75, 3.05) is 4.72 Å². The predicted molar refractivity (Wildman–Crippen MR) is 148 cm³/mol. The van der Waals surface area contributed by atoms with Gasteiger partial charge in [0.15, 0.2) is 5.65 Å². The number of sulfone groups is 1. The van der Waals surface area contributed by atoms with Crippen LogP contribution >= 0.6 is 0 Å². The van der Waals surface area contributed by atoms with Crippen LogP contribution in [-0.2, 0) is 26.4 Å². The van der Waals surface area contributed by atoms with Gasteiger partial charge in [-0.15, -0.1) is 0 Å². The number of nitrogens with zero attached hydrogens (tertiary/aromatic N) is 3. The van der Waals surface area contributed by atoms with E-state index in [9.17, 15) is 16.8 Å². The van der Waals surface area contributed by atoms with Crippen molar-refractivity contribution in [2.45, 2.75) is 48.4 Å². The number of aromatic nitrogens is 3. The second-order valence-electron chi connectivity index (χ2n) is 9.63. The monoisotopic (exact) mass is 548 g/mol. The molecule has 0 spiro atoms. The van der Waals surface area contributed by atoms with E-state index < -0.39 is 19.9 Å². The van der Waals surface area contributed by atoms with E-state index in [-0.39, 0.29) is 31.9 Å². The summed E-state index contributed by atoms with van der Waals surface area (Å²) in [7, 11) is -8.34. The molecular formula is C28H28N4O4S2. The third-order valence-corrected chi connectivity index (χ3v) is 9.49. The lowest BCUT2D eigenvalue weighted by Crippen LogP contribution is -2.18. The third kappa shape index (κ3) is 4.77. The Bertz CT molecular complexity index is 1850. The van der Waals surface area contributed by atoms with Crippen LogP contribution < -0.4 is 4.72 Å². The Morgan fingerprint density at radius 1 is 0.789 bits per heavy atom. The van der Waals surface area contributed by atoms with Crippen LogP contribution in [0.25, 0.3) is 22.2 Å². The summed E-state index contributed by atoms with van der Waals surface area (Å²) in [5, 5.41) is 0. The van der Waals surface area contributed by atoms with Gasteiger partial charge in [-0.05, 0) is 55.7 Å². The fourth-order valence-electron chi connectivity index (χ4n) is 4.25. The van der Waals surface area contributed by atoms with Crippen molar-refractivity contribution in [3.05, 3.63) is 84.4 Å². The Hall–Kier alpha value is -3.76. The molecule has 8 nitrogen and oxygen atoms in total. The third-order valence-electron chi connectivity index (χ3n) is 6.32. The molecule has 10 heteroatoms. The molecular weight excluding hydrogens is 520 g/mol. The number of fused-ring (bicyclic) bond motifs is 2. The van der Waals surface area contributed by atoms with Crippen LogP contribution in [0.2, 0.25) is 0 Å².